The van der Waals surface area contributed by atoms with E-state index in [0.29, 0.717) is 12.4 Å². The molecule has 0 aliphatic carbocycles. The molecule has 84 valence electrons. The van der Waals surface area contributed by atoms with Crippen LogP contribution in [0.4, 0.5) is 5.82 Å². The van der Waals surface area contributed by atoms with Crippen molar-refractivity contribution in [2.24, 2.45) is 0 Å². The average molecular weight is 269 g/mol. The fourth-order valence-electron chi connectivity index (χ4n) is 0.763. The molecule has 0 radical (unpaired) electrons. The van der Waals surface area contributed by atoms with Gasteiger partial charge in [0.25, 0.3) is 0 Å². The highest BCUT2D eigenvalue weighted by Crippen LogP contribution is 2.16. The summed E-state index contributed by atoms with van der Waals surface area (Å²) >= 11 is 11.3. The van der Waals surface area contributed by atoms with Crippen molar-refractivity contribution in [2.45, 2.75) is 12.2 Å². The van der Waals surface area contributed by atoms with Gasteiger partial charge in [0, 0.05) is 28.9 Å². The third-order valence-electron chi connectivity index (χ3n) is 1.74. The van der Waals surface area contributed by atoms with E-state index in [9.17, 15) is 4.21 Å². The maximum Gasteiger partial charge on any atom is 0.245 e. The molecule has 0 aliphatic rings. The Bertz CT molecular complexity index is 376. The van der Waals surface area contributed by atoms with E-state index in [1.165, 1.54) is 0 Å². The first-order valence-electron chi connectivity index (χ1n) is 4.12. The van der Waals surface area contributed by atoms with Gasteiger partial charge in [-0.25, -0.2) is 0 Å². The van der Waals surface area contributed by atoms with Crippen molar-refractivity contribution in [1.82, 2.24) is 15.2 Å². The Morgan fingerprint density at radius 1 is 1.47 bits per heavy atom. The molecule has 15 heavy (non-hydrogen) atoms. The molecule has 0 amide bonds. The third kappa shape index (κ3) is 3.89. The molecule has 0 saturated heterocycles. The number of hydrogen-bond donors (Lipinski definition) is 1. The van der Waals surface area contributed by atoms with Crippen LogP contribution in [-0.4, -0.2) is 37.4 Å². The number of aromatic nitrogens is 3. The normalized spacial score (nSPS) is 14.7. The Balaban J connectivity index is 2.65. The predicted octanol–water partition coefficient (Wildman–Crippen LogP) is 1.36. The maximum absolute atomic E-state index is 11.1. The molecule has 2 unspecified atom stereocenters. The van der Waals surface area contributed by atoms with Crippen LogP contribution in [0.25, 0.3) is 0 Å². The summed E-state index contributed by atoms with van der Waals surface area (Å²) in [4.78, 5) is 3.85. The minimum Gasteiger partial charge on any atom is -0.366 e. The summed E-state index contributed by atoms with van der Waals surface area (Å²) in [5.74, 6) is 0.356. The van der Waals surface area contributed by atoms with Crippen LogP contribution in [0.5, 0.6) is 0 Å². The lowest BCUT2D eigenvalue weighted by Gasteiger charge is -2.10. The van der Waals surface area contributed by atoms with Crippen LogP contribution >= 0.6 is 23.2 Å². The van der Waals surface area contributed by atoms with Crippen molar-refractivity contribution in [1.29, 1.82) is 0 Å². The van der Waals surface area contributed by atoms with E-state index in [1.54, 1.807) is 6.26 Å². The molecular weight excluding hydrogens is 259 g/mol. The lowest BCUT2D eigenvalue weighted by molar-refractivity contribution is 0.678. The molecule has 0 saturated carbocycles. The van der Waals surface area contributed by atoms with Gasteiger partial charge in [-0.2, -0.15) is 4.98 Å². The van der Waals surface area contributed by atoms with E-state index in [1.807, 2.05) is 6.92 Å². The van der Waals surface area contributed by atoms with Gasteiger partial charge in [0.1, 0.15) is 0 Å². The van der Waals surface area contributed by atoms with Gasteiger partial charge in [0.15, 0.2) is 11.0 Å². The second-order valence-electron chi connectivity index (χ2n) is 2.91. The summed E-state index contributed by atoms with van der Waals surface area (Å²) < 4.78 is 11.1. The van der Waals surface area contributed by atoms with Crippen molar-refractivity contribution in [3.8, 4) is 0 Å². The van der Waals surface area contributed by atoms with E-state index in [2.05, 4.69) is 20.5 Å². The molecule has 1 rings (SSSR count). The predicted molar refractivity (Wildman–Crippen MR) is 61.9 cm³/mol. The van der Waals surface area contributed by atoms with Gasteiger partial charge in [-0.15, -0.1) is 10.2 Å². The minimum absolute atomic E-state index is 0.00481. The van der Waals surface area contributed by atoms with Crippen LogP contribution in [0.2, 0.25) is 10.4 Å². The smallest absolute Gasteiger partial charge is 0.245 e. The van der Waals surface area contributed by atoms with E-state index in [4.69, 9.17) is 23.2 Å². The molecule has 0 aliphatic heterocycles. The third-order valence-corrected chi connectivity index (χ3v) is 3.46. The summed E-state index contributed by atoms with van der Waals surface area (Å²) in [6.45, 7) is 2.34. The second-order valence-corrected chi connectivity index (χ2v) is 5.41. The van der Waals surface area contributed by atoms with Crippen LogP contribution in [-0.2, 0) is 10.8 Å². The first kappa shape index (κ1) is 12.6. The average Bonchev–Trinajstić information content (AvgIpc) is 2.18. The summed E-state index contributed by atoms with van der Waals surface area (Å²) in [5.41, 5.74) is 0. The molecule has 5 nitrogen and oxygen atoms in total. The molecule has 1 aromatic rings. The van der Waals surface area contributed by atoms with Crippen LogP contribution in [0.15, 0.2) is 0 Å². The lowest BCUT2D eigenvalue weighted by atomic mass is 10.4. The quantitative estimate of drug-likeness (QED) is 0.893. The Hall–Kier alpha value is -0.460. The first-order chi connectivity index (χ1) is 7.00. The topological polar surface area (TPSA) is 67.8 Å². The van der Waals surface area contributed by atoms with Crippen molar-refractivity contribution >= 4 is 39.8 Å². The molecule has 0 bridgehead atoms. The van der Waals surface area contributed by atoms with Gasteiger partial charge < -0.3 is 5.32 Å². The molecule has 0 fully saturated rings. The highest BCUT2D eigenvalue weighted by molar-refractivity contribution is 7.84. The molecule has 1 N–H and O–H groups in total. The fourth-order valence-corrected chi connectivity index (χ4v) is 1.35. The summed E-state index contributed by atoms with van der Waals surface area (Å²) in [6, 6.07) is 0. The number of halogens is 2. The van der Waals surface area contributed by atoms with Gasteiger partial charge >= 0.3 is 0 Å². The summed E-state index contributed by atoms with van der Waals surface area (Å²) in [6.07, 6.45) is 1.64. The SMILES string of the molecule is CC(CNc1nc(Cl)nnc1Cl)S(C)=O. The number of anilines is 1. The zero-order valence-corrected chi connectivity index (χ0v) is 10.5. The van der Waals surface area contributed by atoms with Crippen LogP contribution in [0.1, 0.15) is 6.92 Å². The van der Waals surface area contributed by atoms with Crippen molar-refractivity contribution in [2.75, 3.05) is 18.1 Å². The van der Waals surface area contributed by atoms with Crippen LogP contribution in [0.3, 0.4) is 0 Å². The largest absolute Gasteiger partial charge is 0.366 e. The molecule has 8 heteroatoms. The van der Waals surface area contributed by atoms with Gasteiger partial charge in [0.05, 0.1) is 0 Å². The van der Waals surface area contributed by atoms with Crippen LogP contribution in [0, 0.1) is 0 Å². The summed E-state index contributed by atoms with van der Waals surface area (Å²) in [7, 11) is -0.898. The van der Waals surface area contributed by atoms with Gasteiger partial charge in [-0.1, -0.05) is 11.6 Å². The zero-order chi connectivity index (χ0) is 11.4. The summed E-state index contributed by atoms with van der Waals surface area (Å²) in [5, 5.41) is 10.1. The standard InChI is InChI=1S/C7H10Cl2N4OS/c1-4(15(2)14)3-10-6-5(8)12-13-7(9)11-6/h4H,3H2,1-2H3,(H,10,11,13). The Morgan fingerprint density at radius 2 is 2.13 bits per heavy atom. The van der Waals surface area contributed by atoms with Crippen molar-refractivity contribution in [3.63, 3.8) is 0 Å². The van der Waals surface area contributed by atoms with Crippen molar-refractivity contribution < 1.29 is 4.21 Å². The van der Waals surface area contributed by atoms with E-state index in [0.717, 1.165) is 0 Å². The Kier molecular flexibility index (Phi) is 4.69. The number of nitrogens with zero attached hydrogens (tertiary/aromatic N) is 3. The molecule has 0 spiro atoms. The maximum atomic E-state index is 11.1. The lowest BCUT2D eigenvalue weighted by Crippen LogP contribution is -2.21. The van der Waals surface area contributed by atoms with Crippen molar-refractivity contribution in [3.05, 3.63) is 10.4 Å². The monoisotopic (exact) mass is 268 g/mol. The van der Waals surface area contributed by atoms with Crippen LogP contribution < -0.4 is 5.32 Å². The van der Waals surface area contributed by atoms with E-state index < -0.39 is 10.8 Å². The number of nitrogens with one attached hydrogen (secondary N) is 1. The van der Waals surface area contributed by atoms with Gasteiger partial charge in [-0.05, 0) is 18.5 Å². The highest BCUT2D eigenvalue weighted by Gasteiger charge is 2.09. The first-order valence-corrected chi connectivity index (χ1v) is 6.50. The zero-order valence-electron chi connectivity index (χ0n) is 8.20. The molecule has 1 aromatic heterocycles. The van der Waals surface area contributed by atoms with Gasteiger partial charge in [0.2, 0.25) is 5.28 Å². The van der Waals surface area contributed by atoms with Gasteiger partial charge in [-0.3, -0.25) is 4.21 Å². The number of hydrogen-bond acceptors (Lipinski definition) is 5. The molecular formula is C7H10Cl2N4OS. The highest BCUT2D eigenvalue weighted by atomic mass is 35.5. The number of rotatable bonds is 4. The Morgan fingerprint density at radius 3 is 2.73 bits per heavy atom. The molecule has 0 aromatic carbocycles. The fraction of sp³-hybridized carbons (Fsp3) is 0.571. The molecule has 1 heterocycles. The Labute approximate surface area is 100 Å². The second kappa shape index (κ2) is 5.58. The van der Waals surface area contributed by atoms with E-state index >= 15 is 0 Å². The minimum atomic E-state index is -0.898. The van der Waals surface area contributed by atoms with E-state index in [-0.39, 0.29) is 15.7 Å². The molecule has 2 atom stereocenters.